The Hall–Kier alpha value is -1.49. The number of hydrogen-bond donors (Lipinski definition) is 0. The quantitative estimate of drug-likeness (QED) is 0.818. The molecular weight excluding hydrogens is 249 g/mol. The number of ether oxygens (including phenoxy) is 3. The van der Waals surface area contributed by atoms with Crippen molar-refractivity contribution in [2.24, 2.45) is 0 Å². The van der Waals surface area contributed by atoms with Crippen molar-refractivity contribution in [1.29, 1.82) is 0 Å². The lowest BCUT2D eigenvalue weighted by Crippen LogP contribution is -2.45. The molecule has 1 aromatic carbocycles. The molecule has 2 aliphatic heterocycles. The normalized spacial score (nSPS) is 27.1. The Morgan fingerprint density at radius 3 is 2.84 bits per heavy atom. The van der Waals surface area contributed by atoms with E-state index >= 15 is 0 Å². The van der Waals surface area contributed by atoms with E-state index in [4.69, 9.17) is 14.2 Å². The van der Waals surface area contributed by atoms with E-state index in [0.29, 0.717) is 37.7 Å². The van der Waals surface area contributed by atoms with Crippen LogP contribution >= 0.6 is 0 Å². The summed E-state index contributed by atoms with van der Waals surface area (Å²) in [5.74, 6) is 2.03. The number of nitrogens with zero attached hydrogens (tertiary/aromatic N) is 1. The van der Waals surface area contributed by atoms with Crippen molar-refractivity contribution in [3.05, 3.63) is 18.2 Å². The van der Waals surface area contributed by atoms with Crippen LogP contribution in [0, 0.1) is 0 Å². The summed E-state index contributed by atoms with van der Waals surface area (Å²) in [7, 11) is 1.92. The molecule has 3 rings (SSSR count). The van der Waals surface area contributed by atoms with Crippen molar-refractivity contribution >= 4 is 0 Å². The van der Waals surface area contributed by atoms with Gasteiger partial charge in [0.1, 0.15) is 31.2 Å². The fraction of sp³-hybridized carbons (Fsp3) is 0.571. The minimum Gasteiger partial charge on any atom is -0.487 e. The number of likely N-dealkylation sites (tertiary alicyclic amines) is 1. The third-order valence-corrected chi connectivity index (χ3v) is 3.49. The van der Waals surface area contributed by atoms with Crippen LogP contribution in [0.15, 0.2) is 18.2 Å². The average molecular weight is 267 g/mol. The second-order valence-electron chi connectivity index (χ2n) is 5.03. The maximum absolute atomic E-state index is 13.9. The largest absolute Gasteiger partial charge is 0.487 e. The van der Waals surface area contributed by atoms with E-state index in [1.807, 2.05) is 18.0 Å². The SMILES string of the molecule is CN1CCC(Oc2ccc3c(c2)OCCO3)C(F)C1. The molecule has 0 N–H and O–H groups in total. The van der Waals surface area contributed by atoms with Crippen molar-refractivity contribution < 1.29 is 18.6 Å². The molecule has 0 radical (unpaired) electrons. The first-order chi connectivity index (χ1) is 9.22. The van der Waals surface area contributed by atoms with Crippen molar-refractivity contribution in [1.82, 2.24) is 4.90 Å². The van der Waals surface area contributed by atoms with Gasteiger partial charge in [0, 0.05) is 19.2 Å². The minimum atomic E-state index is -0.952. The standard InChI is InChI=1S/C14H18FNO3/c1-16-5-4-12(11(15)9-16)19-10-2-3-13-14(8-10)18-7-6-17-13/h2-3,8,11-12H,4-7,9H2,1H3. The van der Waals surface area contributed by atoms with Crippen LogP contribution in [0.2, 0.25) is 0 Å². The van der Waals surface area contributed by atoms with Gasteiger partial charge in [0.15, 0.2) is 11.5 Å². The highest BCUT2D eigenvalue weighted by molar-refractivity contribution is 5.46. The lowest BCUT2D eigenvalue weighted by molar-refractivity contribution is 0.0310. The van der Waals surface area contributed by atoms with E-state index in [1.165, 1.54) is 0 Å². The average Bonchev–Trinajstić information content (AvgIpc) is 2.42. The summed E-state index contributed by atoms with van der Waals surface area (Å²) < 4.78 is 30.6. The monoisotopic (exact) mass is 267 g/mol. The molecule has 4 nitrogen and oxygen atoms in total. The van der Waals surface area contributed by atoms with Crippen LogP contribution in [-0.2, 0) is 0 Å². The molecule has 0 aromatic heterocycles. The Balaban J connectivity index is 1.69. The first kappa shape index (κ1) is 12.5. The number of hydrogen-bond acceptors (Lipinski definition) is 4. The molecule has 1 saturated heterocycles. The molecule has 19 heavy (non-hydrogen) atoms. The van der Waals surface area contributed by atoms with Gasteiger partial charge in [0.25, 0.3) is 0 Å². The third kappa shape index (κ3) is 2.76. The maximum atomic E-state index is 13.9. The first-order valence-electron chi connectivity index (χ1n) is 6.61. The van der Waals surface area contributed by atoms with Crippen molar-refractivity contribution in [2.75, 3.05) is 33.4 Å². The molecule has 0 aliphatic carbocycles. The number of rotatable bonds is 2. The van der Waals surface area contributed by atoms with Gasteiger partial charge >= 0.3 is 0 Å². The highest BCUT2D eigenvalue weighted by Gasteiger charge is 2.29. The molecule has 2 heterocycles. The van der Waals surface area contributed by atoms with Crippen LogP contribution in [-0.4, -0.2) is 50.5 Å². The van der Waals surface area contributed by atoms with Gasteiger partial charge in [0.2, 0.25) is 0 Å². The van der Waals surface area contributed by atoms with E-state index in [9.17, 15) is 4.39 Å². The van der Waals surface area contributed by atoms with Crippen LogP contribution in [0.1, 0.15) is 6.42 Å². The summed E-state index contributed by atoms with van der Waals surface area (Å²) in [6.45, 7) is 2.38. The van der Waals surface area contributed by atoms with E-state index in [2.05, 4.69) is 0 Å². The maximum Gasteiger partial charge on any atom is 0.165 e. The summed E-state index contributed by atoms with van der Waals surface area (Å²) in [6, 6.07) is 5.39. The number of piperidine rings is 1. The smallest absolute Gasteiger partial charge is 0.165 e. The van der Waals surface area contributed by atoms with Gasteiger partial charge in [0.05, 0.1) is 0 Å². The lowest BCUT2D eigenvalue weighted by Gasteiger charge is -2.32. The van der Waals surface area contributed by atoms with Gasteiger partial charge < -0.3 is 19.1 Å². The Labute approximate surface area is 112 Å². The van der Waals surface area contributed by atoms with Gasteiger partial charge in [-0.15, -0.1) is 0 Å². The Morgan fingerprint density at radius 1 is 1.26 bits per heavy atom. The Morgan fingerprint density at radius 2 is 2.05 bits per heavy atom. The van der Waals surface area contributed by atoms with Crippen LogP contribution < -0.4 is 14.2 Å². The fourth-order valence-electron chi connectivity index (χ4n) is 2.44. The van der Waals surface area contributed by atoms with E-state index < -0.39 is 6.17 Å². The molecule has 1 aromatic rings. The molecule has 2 atom stereocenters. The molecule has 0 bridgehead atoms. The number of benzene rings is 1. The summed E-state index contributed by atoms with van der Waals surface area (Å²) in [5.41, 5.74) is 0. The minimum absolute atomic E-state index is 0.376. The van der Waals surface area contributed by atoms with Gasteiger partial charge in [-0.1, -0.05) is 0 Å². The highest BCUT2D eigenvalue weighted by Crippen LogP contribution is 2.34. The number of alkyl halides is 1. The third-order valence-electron chi connectivity index (χ3n) is 3.49. The molecule has 2 unspecified atom stereocenters. The van der Waals surface area contributed by atoms with Crippen molar-refractivity contribution in [3.63, 3.8) is 0 Å². The second-order valence-corrected chi connectivity index (χ2v) is 5.03. The van der Waals surface area contributed by atoms with E-state index in [1.54, 1.807) is 12.1 Å². The molecule has 5 heteroatoms. The number of fused-ring (bicyclic) bond motifs is 1. The summed E-state index contributed by atoms with van der Waals surface area (Å²) in [5, 5.41) is 0. The molecule has 0 amide bonds. The zero-order valence-electron chi connectivity index (χ0n) is 11.0. The molecule has 104 valence electrons. The first-order valence-corrected chi connectivity index (χ1v) is 6.61. The van der Waals surface area contributed by atoms with Gasteiger partial charge in [-0.2, -0.15) is 0 Å². The lowest BCUT2D eigenvalue weighted by atomic mass is 10.1. The molecule has 2 aliphatic rings. The molecule has 0 spiro atoms. The van der Waals surface area contributed by atoms with E-state index in [0.717, 1.165) is 12.3 Å². The zero-order chi connectivity index (χ0) is 13.2. The molecule has 1 fully saturated rings. The van der Waals surface area contributed by atoms with E-state index in [-0.39, 0.29) is 6.10 Å². The summed E-state index contributed by atoms with van der Waals surface area (Å²) in [4.78, 5) is 1.98. The predicted octanol–water partition coefficient (Wildman–Crippen LogP) is 1.88. The highest BCUT2D eigenvalue weighted by atomic mass is 19.1. The van der Waals surface area contributed by atoms with Gasteiger partial charge in [-0.05, 0) is 25.6 Å². The van der Waals surface area contributed by atoms with Crippen LogP contribution in [0.25, 0.3) is 0 Å². The topological polar surface area (TPSA) is 30.9 Å². The zero-order valence-corrected chi connectivity index (χ0v) is 11.0. The fourth-order valence-corrected chi connectivity index (χ4v) is 2.44. The Bertz CT molecular complexity index is 454. The van der Waals surface area contributed by atoms with Crippen molar-refractivity contribution in [2.45, 2.75) is 18.7 Å². The Kier molecular flexibility index (Phi) is 3.46. The molecule has 0 saturated carbocycles. The van der Waals surface area contributed by atoms with Crippen LogP contribution in [0.5, 0.6) is 17.2 Å². The van der Waals surface area contributed by atoms with Gasteiger partial charge in [-0.25, -0.2) is 4.39 Å². The predicted molar refractivity (Wildman–Crippen MR) is 68.9 cm³/mol. The molecular formula is C14H18FNO3. The van der Waals surface area contributed by atoms with Crippen LogP contribution in [0.4, 0.5) is 4.39 Å². The number of halogens is 1. The van der Waals surface area contributed by atoms with Crippen LogP contribution in [0.3, 0.4) is 0 Å². The summed E-state index contributed by atoms with van der Waals surface area (Å²) >= 11 is 0. The van der Waals surface area contributed by atoms with Crippen molar-refractivity contribution in [3.8, 4) is 17.2 Å². The summed E-state index contributed by atoms with van der Waals surface area (Å²) in [6.07, 6.45) is -0.628. The second kappa shape index (κ2) is 5.25. The van der Waals surface area contributed by atoms with Gasteiger partial charge in [-0.3, -0.25) is 0 Å².